The molecule has 3 heteroatoms. The van der Waals surface area contributed by atoms with E-state index in [1.165, 1.54) is 6.07 Å². The van der Waals surface area contributed by atoms with E-state index in [1.807, 2.05) is 13.0 Å². The van der Waals surface area contributed by atoms with Crippen molar-refractivity contribution in [3.05, 3.63) is 29.6 Å². The van der Waals surface area contributed by atoms with Gasteiger partial charge in [0, 0.05) is 18.6 Å². The van der Waals surface area contributed by atoms with Crippen molar-refractivity contribution in [1.82, 2.24) is 0 Å². The molecule has 0 saturated heterocycles. The van der Waals surface area contributed by atoms with Crippen LogP contribution in [0.25, 0.3) is 0 Å². The van der Waals surface area contributed by atoms with E-state index in [-0.39, 0.29) is 17.9 Å². The summed E-state index contributed by atoms with van der Waals surface area (Å²) in [5.41, 5.74) is 7.61. The molecular formula is C16H27FN2. The van der Waals surface area contributed by atoms with Crippen molar-refractivity contribution in [2.24, 2.45) is 11.7 Å². The molecule has 0 aliphatic heterocycles. The van der Waals surface area contributed by atoms with Gasteiger partial charge in [-0.25, -0.2) is 4.39 Å². The first-order valence-electron chi connectivity index (χ1n) is 7.12. The van der Waals surface area contributed by atoms with E-state index in [0.717, 1.165) is 17.8 Å². The summed E-state index contributed by atoms with van der Waals surface area (Å²) in [7, 11) is 0. The number of halogens is 1. The summed E-state index contributed by atoms with van der Waals surface area (Å²) in [4.78, 5) is 2.15. The number of anilines is 1. The molecule has 0 spiro atoms. The molecule has 0 fully saturated rings. The zero-order valence-electron chi connectivity index (χ0n) is 12.8. The quantitative estimate of drug-likeness (QED) is 0.852. The second-order valence-electron chi connectivity index (χ2n) is 6.07. The van der Waals surface area contributed by atoms with Gasteiger partial charge in [-0.2, -0.15) is 0 Å². The smallest absolute Gasteiger partial charge is 0.146 e. The van der Waals surface area contributed by atoms with Crippen molar-refractivity contribution < 1.29 is 4.39 Å². The SMILES string of the molecule is CC(C)CN(c1c(F)cccc1CC(C)N)C(C)C. The van der Waals surface area contributed by atoms with Crippen molar-refractivity contribution in [1.29, 1.82) is 0 Å². The summed E-state index contributed by atoms with van der Waals surface area (Å²) >= 11 is 0. The third kappa shape index (κ3) is 4.50. The molecule has 2 nitrogen and oxygen atoms in total. The monoisotopic (exact) mass is 266 g/mol. The molecule has 1 atom stereocenters. The van der Waals surface area contributed by atoms with Crippen molar-refractivity contribution in [2.75, 3.05) is 11.4 Å². The summed E-state index contributed by atoms with van der Waals surface area (Å²) in [6.07, 6.45) is 0.703. The lowest BCUT2D eigenvalue weighted by Crippen LogP contribution is -2.36. The Morgan fingerprint density at radius 2 is 1.79 bits per heavy atom. The van der Waals surface area contributed by atoms with Crippen LogP contribution in [0.1, 0.15) is 40.2 Å². The number of benzene rings is 1. The highest BCUT2D eigenvalue weighted by atomic mass is 19.1. The van der Waals surface area contributed by atoms with Crippen LogP contribution in [0.4, 0.5) is 10.1 Å². The first-order chi connectivity index (χ1) is 8.82. The molecule has 0 heterocycles. The predicted octanol–water partition coefficient (Wildman–Crippen LogP) is 3.59. The highest BCUT2D eigenvalue weighted by Gasteiger charge is 2.20. The first kappa shape index (κ1) is 16.0. The summed E-state index contributed by atoms with van der Waals surface area (Å²) in [6.45, 7) is 11.3. The van der Waals surface area contributed by atoms with E-state index >= 15 is 0 Å². The molecule has 0 radical (unpaired) electrons. The highest BCUT2D eigenvalue weighted by molar-refractivity contribution is 5.56. The Morgan fingerprint density at radius 1 is 1.16 bits per heavy atom. The van der Waals surface area contributed by atoms with Crippen LogP contribution in [-0.4, -0.2) is 18.6 Å². The molecule has 0 aliphatic carbocycles. The summed E-state index contributed by atoms with van der Waals surface area (Å²) < 4.78 is 14.3. The van der Waals surface area contributed by atoms with Crippen LogP contribution in [0, 0.1) is 11.7 Å². The van der Waals surface area contributed by atoms with Gasteiger partial charge in [0.05, 0.1) is 5.69 Å². The third-order valence-corrected chi connectivity index (χ3v) is 3.08. The maximum Gasteiger partial charge on any atom is 0.146 e. The Balaban J connectivity index is 3.19. The van der Waals surface area contributed by atoms with Crippen LogP contribution in [0.15, 0.2) is 18.2 Å². The molecule has 1 unspecified atom stereocenters. The van der Waals surface area contributed by atoms with Gasteiger partial charge in [-0.3, -0.25) is 0 Å². The zero-order valence-corrected chi connectivity index (χ0v) is 12.8. The maximum atomic E-state index is 14.3. The van der Waals surface area contributed by atoms with Crippen molar-refractivity contribution in [3.8, 4) is 0 Å². The number of rotatable bonds is 6. The Labute approximate surface area is 116 Å². The topological polar surface area (TPSA) is 29.3 Å². The van der Waals surface area contributed by atoms with E-state index in [4.69, 9.17) is 5.73 Å². The van der Waals surface area contributed by atoms with Gasteiger partial charge in [0.15, 0.2) is 0 Å². The zero-order chi connectivity index (χ0) is 14.6. The third-order valence-electron chi connectivity index (χ3n) is 3.08. The summed E-state index contributed by atoms with van der Waals surface area (Å²) in [5.74, 6) is 0.345. The minimum Gasteiger partial charge on any atom is -0.366 e. The second kappa shape index (κ2) is 6.90. The van der Waals surface area contributed by atoms with Crippen LogP contribution in [0.5, 0.6) is 0 Å². The van der Waals surface area contributed by atoms with E-state index in [0.29, 0.717) is 12.3 Å². The fraction of sp³-hybridized carbons (Fsp3) is 0.625. The van der Waals surface area contributed by atoms with Crippen molar-refractivity contribution >= 4 is 5.69 Å². The molecule has 0 saturated carbocycles. The fourth-order valence-electron chi connectivity index (χ4n) is 2.35. The molecule has 2 N–H and O–H groups in total. The van der Waals surface area contributed by atoms with Gasteiger partial charge in [0.1, 0.15) is 5.82 Å². The van der Waals surface area contributed by atoms with Gasteiger partial charge in [-0.1, -0.05) is 26.0 Å². The van der Waals surface area contributed by atoms with Crippen LogP contribution in [0.3, 0.4) is 0 Å². The standard InChI is InChI=1S/C16H27FN2/c1-11(2)10-19(12(3)4)16-14(9-13(5)18)7-6-8-15(16)17/h6-8,11-13H,9-10,18H2,1-5H3. The maximum absolute atomic E-state index is 14.3. The Hall–Kier alpha value is -1.09. The lowest BCUT2D eigenvalue weighted by atomic mass is 10.0. The summed E-state index contributed by atoms with van der Waals surface area (Å²) in [6, 6.07) is 5.59. The van der Waals surface area contributed by atoms with Gasteiger partial charge >= 0.3 is 0 Å². The molecule has 1 aromatic carbocycles. The minimum absolute atomic E-state index is 0.0358. The highest BCUT2D eigenvalue weighted by Crippen LogP contribution is 2.28. The predicted molar refractivity (Wildman–Crippen MR) is 81.1 cm³/mol. The van der Waals surface area contributed by atoms with E-state index in [9.17, 15) is 4.39 Å². The molecular weight excluding hydrogens is 239 g/mol. The van der Waals surface area contributed by atoms with Gasteiger partial charge < -0.3 is 10.6 Å². The fourth-order valence-corrected chi connectivity index (χ4v) is 2.35. The summed E-state index contributed by atoms with van der Waals surface area (Å²) in [5, 5.41) is 0. The number of nitrogens with two attached hydrogens (primary N) is 1. The molecule has 1 aromatic rings. The van der Waals surface area contributed by atoms with E-state index in [2.05, 4.69) is 32.6 Å². The lowest BCUT2D eigenvalue weighted by Gasteiger charge is -2.33. The normalized spacial score (nSPS) is 13.1. The number of hydrogen-bond donors (Lipinski definition) is 1. The van der Waals surface area contributed by atoms with Gasteiger partial charge in [0.25, 0.3) is 0 Å². The van der Waals surface area contributed by atoms with Crippen LogP contribution in [0.2, 0.25) is 0 Å². The van der Waals surface area contributed by atoms with Crippen molar-refractivity contribution in [3.63, 3.8) is 0 Å². The molecule has 108 valence electrons. The number of hydrogen-bond acceptors (Lipinski definition) is 2. The lowest BCUT2D eigenvalue weighted by molar-refractivity contribution is 0.545. The Bertz CT molecular complexity index is 400. The Morgan fingerprint density at radius 3 is 2.26 bits per heavy atom. The number of nitrogens with zero attached hydrogens (tertiary/aromatic N) is 1. The van der Waals surface area contributed by atoms with E-state index < -0.39 is 0 Å². The Kier molecular flexibility index (Phi) is 5.80. The van der Waals surface area contributed by atoms with Gasteiger partial charge in [-0.15, -0.1) is 0 Å². The van der Waals surface area contributed by atoms with Crippen LogP contribution in [-0.2, 0) is 6.42 Å². The average molecular weight is 266 g/mol. The van der Waals surface area contributed by atoms with Crippen molar-refractivity contribution in [2.45, 2.75) is 53.1 Å². The van der Waals surface area contributed by atoms with Gasteiger partial charge in [-0.05, 0) is 44.7 Å². The van der Waals surface area contributed by atoms with E-state index in [1.54, 1.807) is 6.07 Å². The molecule has 1 rings (SSSR count). The average Bonchev–Trinajstić information content (AvgIpc) is 2.25. The molecule has 0 amide bonds. The number of para-hydroxylation sites is 1. The molecule has 0 aromatic heterocycles. The largest absolute Gasteiger partial charge is 0.366 e. The molecule has 0 bridgehead atoms. The second-order valence-corrected chi connectivity index (χ2v) is 6.07. The minimum atomic E-state index is -0.146. The van der Waals surface area contributed by atoms with Crippen LogP contribution >= 0.6 is 0 Å². The molecule has 0 aliphatic rings. The van der Waals surface area contributed by atoms with Gasteiger partial charge in [0.2, 0.25) is 0 Å². The molecule has 19 heavy (non-hydrogen) atoms. The first-order valence-corrected chi connectivity index (χ1v) is 7.12. The van der Waals surface area contributed by atoms with Crippen LogP contribution < -0.4 is 10.6 Å².